The van der Waals surface area contributed by atoms with E-state index in [1.54, 1.807) is 18.2 Å². The highest BCUT2D eigenvalue weighted by Gasteiger charge is 2.38. The van der Waals surface area contributed by atoms with Crippen LogP contribution >= 0.6 is 11.3 Å². The number of hydrogen-bond acceptors (Lipinski definition) is 7. The SMILES string of the molecule is COc1ccc(N2CC(C(=O)Nc3nnc(C(F)(F)F)s3)CC2=O)cc1OC. The van der Waals surface area contributed by atoms with Crippen LogP contribution in [0.2, 0.25) is 0 Å². The summed E-state index contributed by atoms with van der Waals surface area (Å²) >= 11 is 0.226. The fourth-order valence-electron chi connectivity index (χ4n) is 2.72. The van der Waals surface area contributed by atoms with Crippen LogP contribution < -0.4 is 19.7 Å². The summed E-state index contributed by atoms with van der Waals surface area (Å²) in [6.45, 7) is 0.0745. The predicted octanol–water partition coefficient (Wildman–Crippen LogP) is 2.57. The van der Waals surface area contributed by atoms with Gasteiger partial charge in [0.05, 0.1) is 20.1 Å². The van der Waals surface area contributed by atoms with E-state index in [-0.39, 0.29) is 35.3 Å². The molecule has 0 bridgehead atoms. The molecule has 1 aliphatic heterocycles. The van der Waals surface area contributed by atoms with Crippen LogP contribution in [0.5, 0.6) is 11.5 Å². The number of hydrogen-bond donors (Lipinski definition) is 1. The molecule has 150 valence electrons. The van der Waals surface area contributed by atoms with E-state index in [1.165, 1.54) is 19.1 Å². The lowest BCUT2D eigenvalue weighted by atomic mass is 10.1. The van der Waals surface area contributed by atoms with Crippen molar-refractivity contribution in [3.05, 3.63) is 23.2 Å². The molecule has 1 aromatic heterocycles. The number of alkyl halides is 3. The number of ether oxygens (including phenoxy) is 2. The summed E-state index contributed by atoms with van der Waals surface area (Å²) in [7, 11) is 2.94. The minimum absolute atomic E-state index is 0.0745. The van der Waals surface area contributed by atoms with Crippen molar-refractivity contribution in [1.82, 2.24) is 10.2 Å². The fraction of sp³-hybridized carbons (Fsp3) is 0.375. The van der Waals surface area contributed by atoms with Crippen molar-refractivity contribution >= 4 is 34.0 Å². The molecule has 1 aromatic carbocycles. The fourth-order valence-corrected chi connectivity index (χ4v) is 3.34. The van der Waals surface area contributed by atoms with Crippen LogP contribution in [0.25, 0.3) is 0 Å². The van der Waals surface area contributed by atoms with Crippen LogP contribution in [-0.4, -0.2) is 42.8 Å². The van der Waals surface area contributed by atoms with Crippen LogP contribution in [0.3, 0.4) is 0 Å². The predicted molar refractivity (Wildman–Crippen MR) is 93.5 cm³/mol. The molecular weight excluding hydrogens is 401 g/mol. The van der Waals surface area contributed by atoms with Gasteiger partial charge in [0.15, 0.2) is 11.5 Å². The number of amides is 2. The average molecular weight is 416 g/mol. The first-order chi connectivity index (χ1) is 13.2. The molecule has 0 spiro atoms. The van der Waals surface area contributed by atoms with Gasteiger partial charge < -0.3 is 19.7 Å². The van der Waals surface area contributed by atoms with E-state index < -0.39 is 23.0 Å². The van der Waals surface area contributed by atoms with Crippen LogP contribution in [0.1, 0.15) is 11.4 Å². The van der Waals surface area contributed by atoms with E-state index in [2.05, 4.69) is 15.5 Å². The zero-order valence-electron chi connectivity index (χ0n) is 14.7. The van der Waals surface area contributed by atoms with E-state index in [4.69, 9.17) is 9.47 Å². The number of halogens is 3. The molecule has 2 amide bonds. The first-order valence-corrected chi connectivity index (χ1v) is 8.78. The first kappa shape index (κ1) is 19.9. The molecular formula is C16H15F3N4O4S. The second-order valence-corrected chi connectivity index (χ2v) is 6.82. The van der Waals surface area contributed by atoms with Gasteiger partial charge in [-0.15, -0.1) is 10.2 Å². The molecule has 1 saturated heterocycles. The van der Waals surface area contributed by atoms with E-state index in [0.717, 1.165) is 0 Å². The standard InChI is InChI=1S/C16H15F3N4O4S/c1-26-10-4-3-9(6-11(10)27-2)23-7-8(5-12(23)24)13(25)20-15-22-21-14(28-15)16(17,18)19/h3-4,6,8H,5,7H2,1-2H3,(H,20,22,25). The van der Waals surface area contributed by atoms with Gasteiger partial charge in [-0.05, 0) is 12.1 Å². The van der Waals surface area contributed by atoms with Crippen molar-refractivity contribution in [3.8, 4) is 11.5 Å². The largest absolute Gasteiger partial charge is 0.493 e. The van der Waals surface area contributed by atoms with Crippen molar-refractivity contribution in [2.75, 3.05) is 31.0 Å². The van der Waals surface area contributed by atoms with E-state index in [0.29, 0.717) is 17.2 Å². The summed E-state index contributed by atoms with van der Waals surface area (Å²) in [5.74, 6) is -0.709. The van der Waals surface area contributed by atoms with Gasteiger partial charge in [-0.2, -0.15) is 13.2 Å². The topological polar surface area (TPSA) is 93.6 Å². The lowest BCUT2D eigenvalue weighted by molar-refractivity contribution is -0.138. The number of nitrogens with zero attached hydrogens (tertiary/aromatic N) is 3. The summed E-state index contributed by atoms with van der Waals surface area (Å²) in [4.78, 5) is 26.1. The molecule has 28 heavy (non-hydrogen) atoms. The Kier molecular flexibility index (Phi) is 5.40. The number of benzene rings is 1. The molecule has 2 heterocycles. The van der Waals surface area contributed by atoms with Gasteiger partial charge in [0.25, 0.3) is 0 Å². The molecule has 1 atom stereocenters. The number of anilines is 2. The number of rotatable bonds is 5. The summed E-state index contributed by atoms with van der Waals surface area (Å²) in [6.07, 6.45) is -4.71. The van der Waals surface area contributed by atoms with Crippen molar-refractivity contribution in [2.24, 2.45) is 5.92 Å². The summed E-state index contributed by atoms with van der Waals surface area (Å²) < 4.78 is 48.1. The van der Waals surface area contributed by atoms with E-state index in [1.807, 2.05) is 0 Å². The zero-order chi connectivity index (χ0) is 20.5. The Morgan fingerprint density at radius 3 is 2.57 bits per heavy atom. The molecule has 3 rings (SSSR count). The summed E-state index contributed by atoms with van der Waals surface area (Å²) in [5, 5.41) is 7.19. The van der Waals surface area contributed by atoms with Gasteiger partial charge in [-0.3, -0.25) is 9.59 Å². The molecule has 1 fully saturated rings. The zero-order valence-corrected chi connectivity index (χ0v) is 15.6. The maximum atomic E-state index is 12.6. The summed E-state index contributed by atoms with van der Waals surface area (Å²) in [5.41, 5.74) is 0.522. The lowest BCUT2D eigenvalue weighted by Crippen LogP contribution is -2.28. The highest BCUT2D eigenvalue weighted by Crippen LogP contribution is 2.35. The molecule has 0 saturated carbocycles. The second-order valence-electron chi connectivity index (χ2n) is 5.84. The van der Waals surface area contributed by atoms with Crippen LogP contribution in [0.4, 0.5) is 24.0 Å². The quantitative estimate of drug-likeness (QED) is 0.805. The Morgan fingerprint density at radius 2 is 1.96 bits per heavy atom. The third-order valence-electron chi connectivity index (χ3n) is 4.07. The third kappa shape index (κ3) is 4.01. The van der Waals surface area contributed by atoms with Gasteiger partial charge in [0.2, 0.25) is 22.0 Å². The van der Waals surface area contributed by atoms with E-state index in [9.17, 15) is 22.8 Å². The maximum Gasteiger partial charge on any atom is 0.445 e. The van der Waals surface area contributed by atoms with Crippen molar-refractivity contribution in [3.63, 3.8) is 0 Å². The van der Waals surface area contributed by atoms with Crippen LogP contribution in [0, 0.1) is 5.92 Å². The Balaban J connectivity index is 1.70. The molecule has 1 unspecified atom stereocenters. The normalized spacial score (nSPS) is 17.0. The second kappa shape index (κ2) is 7.62. The van der Waals surface area contributed by atoms with Gasteiger partial charge in [-0.25, -0.2) is 0 Å². The Hall–Kier alpha value is -2.89. The molecule has 0 radical (unpaired) electrons. The minimum Gasteiger partial charge on any atom is -0.493 e. The monoisotopic (exact) mass is 416 g/mol. The molecule has 1 aliphatic rings. The highest BCUT2D eigenvalue weighted by molar-refractivity contribution is 7.15. The van der Waals surface area contributed by atoms with Crippen molar-refractivity contribution in [1.29, 1.82) is 0 Å². The highest BCUT2D eigenvalue weighted by atomic mass is 32.1. The Bertz CT molecular complexity index is 902. The Morgan fingerprint density at radius 1 is 1.25 bits per heavy atom. The lowest BCUT2D eigenvalue weighted by Gasteiger charge is -2.18. The smallest absolute Gasteiger partial charge is 0.445 e. The molecule has 12 heteroatoms. The summed E-state index contributed by atoms with van der Waals surface area (Å²) in [6, 6.07) is 4.89. The molecule has 8 nitrogen and oxygen atoms in total. The van der Waals surface area contributed by atoms with Crippen LogP contribution in [0.15, 0.2) is 18.2 Å². The number of methoxy groups -OCH3 is 2. The van der Waals surface area contributed by atoms with Gasteiger partial charge in [-0.1, -0.05) is 11.3 Å². The van der Waals surface area contributed by atoms with E-state index >= 15 is 0 Å². The third-order valence-corrected chi connectivity index (χ3v) is 4.96. The molecule has 0 aliphatic carbocycles. The van der Waals surface area contributed by atoms with Crippen molar-refractivity contribution < 1.29 is 32.2 Å². The average Bonchev–Trinajstić information content (AvgIpc) is 3.27. The minimum atomic E-state index is -4.63. The molecule has 2 aromatic rings. The van der Waals surface area contributed by atoms with Gasteiger partial charge in [0, 0.05) is 24.7 Å². The number of carbonyl (C=O) groups excluding carboxylic acids is 2. The van der Waals surface area contributed by atoms with Crippen LogP contribution in [-0.2, 0) is 15.8 Å². The van der Waals surface area contributed by atoms with Gasteiger partial charge >= 0.3 is 6.18 Å². The Labute approximate surface area is 161 Å². The molecule has 1 N–H and O–H groups in total. The number of aromatic nitrogens is 2. The maximum absolute atomic E-state index is 12.6. The number of nitrogens with one attached hydrogen (secondary N) is 1. The first-order valence-electron chi connectivity index (χ1n) is 7.97. The van der Waals surface area contributed by atoms with Crippen molar-refractivity contribution in [2.45, 2.75) is 12.6 Å². The van der Waals surface area contributed by atoms with Gasteiger partial charge in [0.1, 0.15) is 0 Å². The number of carbonyl (C=O) groups is 2.